The summed E-state index contributed by atoms with van der Waals surface area (Å²) in [7, 11) is -1.39. The van der Waals surface area contributed by atoms with E-state index in [1.807, 2.05) is 0 Å². The van der Waals surface area contributed by atoms with Gasteiger partial charge in [-0.15, -0.1) is 5.54 Å². The van der Waals surface area contributed by atoms with Crippen LogP contribution in [-0.4, -0.2) is 44.2 Å². The lowest BCUT2D eigenvalue weighted by Gasteiger charge is -2.16. The van der Waals surface area contributed by atoms with Crippen LogP contribution in [0, 0.1) is 17.4 Å². The topological polar surface area (TPSA) is 42.0 Å². The smallest absolute Gasteiger partial charge is 0.143 e. The summed E-state index contributed by atoms with van der Waals surface area (Å²) in [5, 5.41) is 9.95. The molecule has 0 aliphatic carbocycles. The molecule has 2 aliphatic rings. The Kier molecular flexibility index (Phi) is 3.65. The minimum atomic E-state index is -1.39. The Labute approximate surface area is 105 Å². The molecule has 0 saturated carbocycles. The van der Waals surface area contributed by atoms with E-state index in [4.69, 9.17) is 9.47 Å². The normalized spacial score (nSPS) is 38.4. The van der Waals surface area contributed by atoms with Gasteiger partial charge in [-0.1, -0.05) is 32.5 Å². The summed E-state index contributed by atoms with van der Waals surface area (Å²) in [5.74, 6) is 3.48. The zero-order chi connectivity index (χ0) is 12.6. The van der Waals surface area contributed by atoms with Gasteiger partial charge in [-0.2, -0.15) is 0 Å². The fourth-order valence-electron chi connectivity index (χ4n) is 2.05. The number of rotatable bonds is 2. The van der Waals surface area contributed by atoms with E-state index in [9.17, 15) is 5.11 Å². The molecule has 0 amide bonds. The van der Waals surface area contributed by atoms with Crippen molar-refractivity contribution in [2.45, 2.75) is 57.4 Å². The minimum Gasteiger partial charge on any atom is -0.389 e. The summed E-state index contributed by atoms with van der Waals surface area (Å²) in [6, 6.07) is 0. The van der Waals surface area contributed by atoms with E-state index in [1.54, 1.807) is 0 Å². The van der Waals surface area contributed by atoms with Gasteiger partial charge in [0.2, 0.25) is 0 Å². The Morgan fingerprint density at radius 1 is 1.29 bits per heavy atom. The first-order chi connectivity index (χ1) is 7.87. The van der Waals surface area contributed by atoms with Crippen LogP contribution < -0.4 is 0 Å². The second-order valence-electron chi connectivity index (χ2n) is 6.15. The van der Waals surface area contributed by atoms with E-state index in [0.717, 1.165) is 6.61 Å². The largest absolute Gasteiger partial charge is 0.389 e. The molecule has 1 N–H and O–H groups in total. The first-order valence-electron chi connectivity index (χ1n) is 6.34. The van der Waals surface area contributed by atoms with Gasteiger partial charge in [0.1, 0.15) is 14.2 Å². The van der Waals surface area contributed by atoms with Gasteiger partial charge < -0.3 is 14.6 Å². The molecule has 96 valence electrons. The van der Waals surface area contributed by atoms with E-state index in [-0.39, 0.29) is 12.2 Å². The number of ether oxygens (including phenoxy) is 2. The van der Waals surface area contributed by atoms with Gasteiger partial charge in [-0.3, -0.25) is 0 Å². The Hall–Kier alpha value is -0.343. The third kappa shape index (κ3) is 3.56. The Balaban J connectivity index is 1.94. The molecule has 0 aromatic carbocycles. The van der Waals surface area contributed by atoms with Crippen molar-refractivity contribution >= 4 is 8.07 Å². The zero-order valence-corrected chi connectivity index (χ0v) is 12.1. The van der Waals surface area contributed by atoms with Crippen LogP contribution in [0.15, 0.2) is 0 Å². The van der Waals surface area contributed by atoms with Crippen molar-refractivity contribution in [2.75, 3.05) is 6.61 Å². The molecule has 17 heavy (non-hydrogen) atoms. The standard InChI is InChI=1S/C13H22O3Si/c1-9(13-8-15-13)12-7-10(14)11(16-12)5-6-17(2,3)4/h9-14H,7-8H2,1-4H3/t9-,10+,11+,12+,13+/m0/s1. The quantitative estimate of drug-likeness (QED) is 0.460. The third-order valence-corrected chi connectivity index (χ3v) is 4.16. The Morgan fingerprint density at radius 3 is 2.47 bits per heavy atom. The number of hydrogen-bond donors (Lipinski definition) is 1. The van der Waals surface area contributed by atoms with Crippen molar-refractivity contribution in [1.82, 2.24) is 0 Å². The summed E-state index contributed by atoms with van der Waals surface area (Å²) in [5.41, 5.74) is 3.27. The molecule has 4 heteroatoms. The minimum absolute atomic E-state index is 0.0958. The van der Waals surface area contributed by atoms with Crippen molar-refractivity contribution in [3.8, 4) is 11.5 Å². The molecule has 0 unspecified atom stereocenters. The van der Waals surface area contributed by atoms with Crippen LogP contribution in [-0.2, 0) is 9.47 Å². The highest BCUT2D eigenvalue weighted by molar-refractivity contribution is 6.83. The SMILES string of the molecule is C[C@H]([C@H]1CO1)[C@H]1C[C@@H](O)[C@@H](C#C[Si](C)(C)C)O1. The van der Waals surface area contributed by atoms with Crippen LogP contribution in [0.25, 0.3) is 0 Å². The van der Waals surface area contributed by atoms with E-state index in [2.05, 4.69) is 38.0 Å². The van der Waals surface area contributed by atoms with Crippen molar-refractivity contribution < 1.29 is 14.6 Å². The van der Waals surface area contributed by atoms with Crippen LogP contribution in [0.3, 0.4) is 0 Å². The van der Waals surface area contributed by atoms with Gasteiger partial charge >= 0.3 is 0 Å². The summed E-state index contributed by atoms with van der Waals surface area (Å²) in [4.78, 5) is 0. The highest BCUT2D eigenvalue weighted by Gasteiger charge is 2.42. The van der Waals surface area contributed by atoms with Crippen molar-refractivity contribution in [2.24, 2.45) is 5.92 Å². The molecule has 2 fully saturated rings. The van der Waals surface area contributed by atoms with Crippen LogP contribution in [0.4, 0.5) is 0 Å². The molecule has 2 heterocycles. The maximum absolute atomic E-state index is 9.95. The maximum Gasteiger partial charge on any atom is 0.143 e. The molecule has 5 atom stereocenters. The Morgan fingerprint density at radius 2 is 1.94 bits per heavy atom. The van der Waals surface area contributed by atoms with Gasteiger partial charge in [0.05, 0.1) is 24.9 Å². The lowest BCUT2D eigenvalue weighted by molar-refractivity contribution is 0.0167. The lowest BCUT2D eigenvalue weighted by Crippen LogP contribution is -2.24. The molecule has 2 aliphatic heterocycles. The van der Waals surface area contributed by atoms with Gasteiger partial charge in [0.25, 0.3) is 0 Å². The average Bonchev–Trinajstić information content (AvgIpc) is 2.98. The van der Waals surface area contributed by atoms with Gasteiger partial charge in [0.15, 0.2) is 0 Å². The molecular formula is C13H22O3Si. The number of epoxide rings is 1. The molecule has 0 bridgehead atoms. The van der Waals surface area contributed by atoms with Crippen LogP contribution >= 0.6 is 0 Å². The second-order valence-corrected chi connectivity index (χ2v) is 10.9. The van der Waals surface area contributed by atoms with Crippen LogP contribution in [0.1, 0.15) is 13.3 Å². The van der Waals surface area contributed by atoms with Gasteiger partial charge in [-0.05, 0) is 0 Å². The summed E-state index contributed by atoms with van der Waals surface area (Å²) >= 11 is 0. The molecule has 0 aromatic heterocycles. The predicted molar refractivity (Wildman–Crippen MR) is 69.3 cm³/mol. The molecular weight excluding hydrogens is 232 g/mol. The van der Waals surface area contributed by atoms with Crippen molar-refractivity contribution in [3.63, 3.8) is 0 Å². The van der Waals surface area contributed by atoms with Crippen LogP contribution in [0.2, 0.25) is 19.6 Å². The van der Waals surface area contributed by atoms with Crippen LogP contribution in [0.5, 0.6) is 0 Å². The lowest BCUT2D eigenvalue weighted by atomic mass is 9.98. The van der Waals surface area contributed by atoms with Gasteiger partial charge in [-0.25, -0.2) is 0 Å². The van der Waals surface area contributed by atoms with Gasteiger partial charge in [0, 0.05) is 12.3 Å². The Bertz CT molecular complexity index is 335. The summed E-state index contributed by atoms with van der Waals surface area (Å²) in [6.45, 7) is 9.55. The number of aliphatic hydroxyl groups is 1. The highest BCUT2D eigenvalue weighted by Crippen LogP contribution is 2.32. The second kappa shape index (κ2) is 4.73. The molecule has 0 spiro atoms. The summed E-state index contributed by atoms with van der Waals surface area (Å²) < 4.78 is 11.1. The molecule has 0 radical (unpaired) electrons. The first kappa shape index (κ1) is 13.1. The van der Waals surface area contributed by atoms with Crippen molar-refractivity contribution in [1.29, 1.82) is 0 Å². The summed E-state index contributed by atoms with van der Waals surface area (Å²) in [6.07, 6.45) is 0.374. The highest BCUT2D eigenvalue weighted by atomic mass is 28.3. The zero-order valence-electron chi connectivity index (χ0n) is 11.1. The first-order valence-corrected chi connectivity index (χ1v) is 9.84. The molecule has 0 aromatic rings. The third-order valence-electron chi connectivity index (χ3n) is 3.27. The van der Waals surface area contributed by atoms with E-state index in [0.29, 0.717) is 18.4 Å². The maximum atomic E-state index is 9.95. The van der Waals surface area contributed by atoms with E-state index < -0.39 is 14.2 Å². The van der Waals surface area contributed by atoms with E-state index >= 15 is 0 Å². The predicted octanol–water partition coefficient (Wildman–Crippen LogP) is 1.42. The number of hydrogen-bond acceptors (Lipinski definition) is 3. The van der Waals surface area contributed by atoms with E-state index in [1.165, 1.54) is 0 Å². The molecule has 2 saturated heterocycles. The average molecular weight is 254 g/mol. The fourth-order valence-corrected chi connectivity index (χ4v) is 2.63. The molecule has 2 rings (SSSR count). The monoisotopic (exact) mass is 254 g/mol. The van der Waals surface area contributed by atoms with Crippen molar-refractivity contribution in [3.05, 3.63) is 0 Å². The number of aliphatic hydroxyl groups excluding tert-OH is 1. The fraction of sp³-hybridized carbons (Fsp3) is 0.846. The molecule has 3 nitrogen and oxygen atoms in total.